The van der Waals surface area contributed by atoms with E-state index >= 15 is 0 Å². The molecular weight excluding hydrogens is 318 g/mol. The molecule has 2 fully saturated rings. The van der Waals surface area contributed by atoms with Crippen molar-refractivity contribution in [2.45, 2.75) is 49.7 Å². The van der Waals surface area contributed by atoms with Crippen molar-refractivity contribution in [3.8, 4) is 11.5 Å². The van der Waals surface area contributed by atoms with Crippen LogP contribution in [0.25, 0.3) is 0 Å². The highest BCUT2D eigenvalue weighted by molar-refractivity contribution is 5.85. The summed E-state index contributed by atoms with van der Waals surface area (Å²) in [5.41, 5.74) is 0.648. The molecule has 1 heterocycles. The molecule has 1 saturated heterocycles. The zero-order valence-corrected chi connectivity index (χ0v) is 15.5. The summed E-state index contributed by atoms with van der Waals surface area (Å²) in [6, 6.07) is 4.04. The number of Topliss-reactive ketones (excluding diaryl/α,β-unsaturated/α-hetero) is 1. The summed E-state index contributed by atoms with van der Waals surface area (Å²) < 4.78 is 11.3. The fourth-order valence-corrected chi connectivity index (χ4v) is 5.89. The van der Waals surface area contributed by atoms with E-state index in [-0.39, 0.29) is 17.7 Å². The monoisotopic (exact) mass is 345 g/mol. The molecule has 2 aliphatic carbocycles. The molecule has 3 aliphatic rings. The first-order valence-corrected chi connectivity index (χ1v) is 9.10. The van der Waals surface area contributed by atoms with Gasteiger partial charge in [-0.2, -0.15) is 0 Å². The lowest BCUT2D eigenvalue weighted by Gasteiger charge is -2.65. The lowest BCUT2D eigenvalue weighted by atomic mass is 9.46. The highest BCUT2D eigenvalue weighted by atomic mass is 16.5. The third-order valence-electron chi connectivity index (χ3n) is 7.18. The summed E-state index contributed by atoms with van der Waals surface area (Å²) >= 11 is 0. The van der Waals surface area contributed by atoms with Gasteiger partial charge in [-0.15, -0.1) is 0 Å². The molecule has 0 radical (unpaired) electrons. The quantitative estimate of drug-likeness (QED) is 0.888. The van der Waals surface area contributed by atoms with Crippen LogP contribution in [0.5, 0.6) is 11.5 Å². The number of piperidine rings is 1. The van der Waals surface area contributed by atoms with Gasteiger partial charge in [0, 0.05) is 29.4 Å². The van der Waals surface area contributed by atoms with Gasteiger partial charge in [-0.1, -0.05) is 13.0 Å². The van der Waals surface area contributed by atoms with E-state index in [0.29, 0.717) is 24.3 Å². The molecule has 4 atom stereocenters. The predicted octanol–water partition coefficient (Wildman–Crippen LogP) is 1.93. The number of carbonyl (C=O) groups excluding carboxylic acids is 1. The smallest absolute Gasteiger partial charge is 0.164 e. The second-order valence-corrected chi connectivity index (χ2v) is 7.87. The summed E-state index contributed by atoms with van der Waals surface area (Å²) in [6.07, 6.45) is 2.49. The molecule has 2 bridgehead atoms. The Morgan fingerprint density at radius 3 is 2.68 bits per heavy atom. The van der Waals surface area contributed by atoms with Gasteiger partial charge < -0.3 is 19.5 Å². The Morgan fingerprint density at radius 2 is 2.00 bits per heavy atom. The van der Waals surface area contributed by atoms with E-state index in [1.165, 1.54) is 5.56 Å². The number of hydrogen-bond acceptors (Lipinski definition) is 5. The molecular formula is C20H27NO4. The highest BCUT2D eigenvalue weighted by Crippen LogP contribution is 2.62. The van der Waals surface area contributed by atoms with Crippen molar-refractivity contribution >= 4 is 5.78 Å². The maximum Gasteiger partial charge on any atom is 0.164 e. The molecule has 0 aromatic heterocycles. The highest BCUT2D eigenvalue weighted by Gasteiger charge is 2.68. The van der Waals surface area contributed by atoms with Gasteiger partial charge in [0.25, 0.3) is 0 Å². The van der Waals surface area contributed by atoms with Gasteiger partial charge in [0.05, 0.1) is 19.8 Å². The van der Waals surface area contributed by atoms with Gasteiger partial charge in [-0.05, 0) is 44.5 Å². The number of likely N-dealkylation sites (tertiary alicyclic amines) is 1. The molecule has 1 aromatic rings. The number of fused-ring (bicyclic) bond motifs is 1. The summed E-state index contributed by atoms with van der Waals surface area (Å²) in [5.74, 6) is 1.36. The Morgan fingerprint density at radius 1 is 1.24 bits per heavy atom. The van der Waals surface area contributed by atoms with E-state index in [4.69, 9.17) is 9.47 Å². The third-order valence-corrected chi connectivity index (χ3v) is 7.18. The van der Waals surface area contributed by atoms with E-state index in [1.807, 2.05) is 13.0 Å². The number of hydrogen-bond donors (Lipinski definition) is 1. The summed E-state index contributed by atoms with van der Waals surface area (Å²) in [4.78, 5) is 15.0. The molecule has 0 spiro atoms. The Kier molecular flexibility index (Phi) is 3.68. The van der Waals surface area contributed by atoms with Gasteiger partial charge in [0.15, 0.2) is 11.5 Å². The SMILES string of the molecule is COc1ccc2c(c1OC)C13CCN(C)C(C2)C1(O)CCC(=O)C3C. The van der Waals surface area contributed by atoms with E-state index in [0.717, 1.165) is 24.9 Å². The molecule has 0 amide bonds. The number of carbonyl (C=O) groups is 1. The van der Waals surface area contributed by atoms with Crippen LogP contribution in [0, 0.1) is 5.92 Å². The average molecular weight is 345 g/mol. The first-order valence-electron chi connectivity index (χ1n) is 9.10. The van der Waals surface area contributed by atoms with Crippen LogP contribution in [0.4, 0.5) is 0 Å². The summed E-state index contributed by atoms with van der Waals surface area (Å²) in [6.45, 7) is 2.85. The molecule has 1 aliphatic heterocycles. The third kappa shape index (κ3) is 1.88. The number of likely N-dealkylation sites (N-methyl/N-ethyl adjacent to an activating group) is 1. The van der Waals surface area contributed by atoms with Crippen molar-refractivity contribution < 1.29 is 19.4 Å². The van der Waals surface area contributed by atoms with Crippen LogP contribution in [0.1, 0.15) is 37.3 Å². The largest absolute Gasteiger partial charge is 0.493 e. The van der Waals surface area contributed by atoms with Crippen molar-refractivity contribution in [1.29, 1.82) is 0 Å². The van der Waals surface area contributed by atoms with Crippen LogP contribution in [-0.4, -0.2) is 55.2 Å². The van der Waals surface area contributed by atoms with Crippen LogP contribution in [0.15, 0.2) is 12.1 Å². The first-order chi connectivity index (χ1) is 11.9. The number of aliphatic hydroxyl groups is 1. The number of ketones is 1. The van der Waals surface area contributed by atoms with Gasteiger partial charge in [-0.3, -0.25) is 4.79 Å². The lowest BCUT2D eigenvalue weighted by molar-refractivity contribution is -0.183. The van der Waals surface area contributed by atoms with Gasteiger partial charge in [-0.25, -0.2) is 0 Å². The number of methoxy groups -OCH3 is 2. The topological polar surface area (TPSA) is 59.0 Å². The molecule has 1 N–H and O–H groups in total. The van der Waals surface area contributed by atoms with E-state index in [9.17, 15) is 9.90 Å². The maximum atomic E-state index is 12.7. The first kappa shape index (κ1) is 16.9. The summed E-state index contributed by atoms with van der Waals surface area (Å²) in [7, 11) is 5.35. The van der Waals surface area contributed by atoms with Gasteiger partial charge in [0.1, 0.15) is 5.78 Å². The zero-order chi connectivity index (χ0) is 18.0. The maximum absolute atomic E-state index is 12.7. The van der Waals surface area contributed by atoms with Crippen LogP contribution in [0.3, 0.4) is 0 Å². The van der Waals surface area contributed by atoms with Crippen molar-refractivity contribution in [1.82, 2.24) is 4.90 Å². The molecule has 4 unspecified atom stereocenters. The predicted molar refractivity (Wildman–Crippen MR) is 94.3 cm³/mol. The van der Waals surface area contributed by atoms with Crippen molar-refractivity contribution in [2.75, 3.05) is 27.8 Å². The fraction of sp³-hybridized carbons (Fsp3) is 0.650. The van der Waals surface area contributed by atoms with Gasteiger partial charge >= 0.3 is 0 Å². The van der Waals surface area contributed by atoms with E-state index in [1.54, 1.807) is 14.2 Å². The van der Waals surface area contributed by atoms with Crippen LogP contribution >= 0.6 is 0 Å². The number of rotatable bonds is 2. The van der Waals surface area contributed by atoms with Crippen molar-refractivity contribution in [2.24, 2.45) is 5.92 Å². The standard InChI is InChI=1S/C20H27NO4/c1-12-14(22)7-8-20(23)16-11-13-5-6-15(24-3)18(25-4)17(13)19(12,20)9-10-21(16)2/h5-6,12,16,23H,7-11H2,1-4H3. The Labute approximate surface area is 148 Å². The normalized spacial score (nSPS) is 37.2. The summed E-state index contributed by atoms with van der Waals surface area (Å²) in [5, 5.41) is 12.0. The second kappa shape index (κ2) is 5.45. The molecule has 5 nitrogen and oxygen atoms in total. The molecule has 4 rings (SSSR count). The van der Waals surface area contributed by atoms with Crippen LogP contribution in [0.2, 0.25) is 0 Å². The molecule has 136 valence electrons. The molecule has 5 heteroatoms. The minimum Gasteiger partial charge on any atom is -0.493 e. The van der Waals surface area contributed by atoms with Crippen molar-refractivity contribution in [3.05, 3.63) is 23.3 Å². The van der Waals surface area contributed by atoms with Crippen LogP contribution < -0.4 is 9.47 Å². The van der Waals surface area contributed by atoms with E-state index < -0.39 is 11.0 Å². The van der Waals surface area contributed by atoms with Gasteiger partial charge in [0.2, 0.25) is 0 Å². The molecule has 25 heavy (non-hydrogen) atoms. The zero-order valence-electron chi connectivity index (χ0n) is 15.5. The van der Waals surface area contributed by atoms with Crippen molar-refractivity contribution in [3.63, 3.8) is 0 Å². The van der Waals surface area contributed by atoms with Crippen LogP contribution in [-0.2, 0) is 16.6 Å². The number of nitrogens with zero attached hydrogens (tertiary/aromatic N) is 1. The Hall–Kier alpha value is -1.59. The minimum absolute atomic E-state index is 0.0300. The molecule has 1 aromatic carbocycles. The van der Waals surface area contributed by atoms with E-state index in [2.05, 4.69) is 18.0 Å². The Balaban J connectivity index is 2.06. The Bertz CT molecular complexity index is 733. The molecule has 1 saturated carbocycles. The minimum atomic E-state index is -0.917. The number of ether oxygens (including phenoxy) is 2. The average Bonchev–Trinajstić information content (AvgIpc) is 2.61. The number of benzene rings is 1. The fourth-order valence-electron chi connectivity index (χ4n) is 5.89. The second-order valence-electron chi connectivity index (χ2n) is 7.87. The lowest BCUT2D eigenvalue weighted by Crippen LogP contribution is -2.75.